The van der Waals surface area contributed by atoms with Crippen molar-refractivity contribution < 1.29 is 18.3 Å². The highest BCUT2D eigenvalue weighted by Crippen LogP contribution is 2.32. The van der Waals surface area contributed by atoms with Gasteiger partial charge in [0, 0.05) is 6.04 Å². The van der Waals surface area contributed by atoms with E-state index in [1.165, 1.54) is 12.1 Å². The predicted octanol–water partition coefficient (Wildman–Crippen LogP) is 3.23. The quantitative estimate of drug-likeness (QED) is 0.909. The zero-order valence-corrected chi connectivity index (χ0v) is 11.3. The molecule has 5 heteroatoms. The fraction of sp³-hybridized carbons (Fsp3) is 0.250. The third-order valence-corrected chi connectivity index (χ3v) is 3.26. The van der Waals surface area contributed by atoms with Crippen LogP contribution in [0.15, 0.2) is 48.5 Å². The van der Waals surface area contributed by atoms with Crippen LogP contribution in [0.2, 0.25) is 0 Å². The van der Waals surface area contributed by atoms with E-state index in [1.54, 1.807) is 0 Å². The SMILES string of the molecule is NC(CO)Cc1ccccc1-c1ccc(C(F)(F)F)cc1. The molecule has 0 fully saturated rings. The average Bonchev–Trinajstić information content (AvgIpc) is 2.47. The summed E-state index contributed by atoms with van der Waals surface area (Å²) in [4.78, 5) is 0. The van der Waals surface area contributed by atoms with E-state index in [-0.39, 0.29) is 12.6 Å². The summed E-state index contributed by atoms with van der Waals surface area (Å²) in [7, 11) is 0. The lowest BCUT2D eigenvalue weighted by atomic mass is 9.95. The highest BCUT2D eigenvalue weighted by molar-refractivity contribution is 5.67. The Morgan fingerprint density at radius 3 is 2.19 bits per heavy atom. The van der Waals surface area contributed by atoms with Crippen LogP contribution in [0.3, 0.4) is 0 Å². The van der Waals surface area contributed by atoms with Crippen molar-refractivity contribution >= 4 is 0 Å². The molecular weight excluding hydrogens is 279 g/mol. The molecular formula is C16H16F3NO. The first-order valence-corrected chi connectivity index (χ1v) is 6.54. The topological polar surface area (TPSA) is 46.2 Å². The van der Waals surface area contributed by atoms with Gasteiger partial charge in [-0.15, -0.1) is 0 Å². The molecule has 0 spiro atoms. The number of aliphatic hydroxyl groups excluding tert-OH is 1. The second kappa shape index (κ2) is 6.28. The number of aliphatic hydroxyl groups is 1. The summed E-state index contributed by atoms with van der Waals surface area (Å²) in [6.45, 7) is -0.138. The van der Waals surface area contributed by atoms with Gasteiger partial charge in [0.1, 0.15) is 0 Å². The van der Waals surface area contributed by atoms with Gasteiger partial charge in [-0.1, -0.05) is 36.4 Å². The molecule has 1 unspecified atom stereocenters. The molecule has 0 aliphatic rings. The van der Waals surface area contributed by atoms with E-state index in [2.05, 4.69) is 0 Å². The van der Waals surface area contributed by atoms with Gasteiger partial charge in [0.2, 0.25) is 0 Å². The fourth-order valence-electron chi connectivity index (χ4n) is 2.17. The maximum Gasteiger partial charge on any atom is 0.416 e. The summed E-state index contributed by atoms with van der Waals surface area (Å²) in [5, 5.41) is 9.03. The summed E-state index contributed by atoms with van der Waals surface area (Å²) in [5.74, 6) is 0. The molecule has 0 aromatic heterocycles. The van der Waals surface area contributed by atoms with Crippen molar-refractivity contribution in [3.8, 4) is 11.1 Å². The Balaban J connectivity index is 2.34. The van der Waals surface area contributed by atoms with Crippen molar-refractivity contribution in [3.63, 3.8) is 0 Å². The second-order valence-electron chi connectivity index (χ2n) is 4.88. The molecule has 0 saturated carbocycles. The minimum atomic E-state index is -4.34. The van der Waals surface area contributed by atoms with Gasteiger partial charge in [-0.2, -0.15) is 13.2 Å². The van der Waals surface area contributed by atoms with Crippen molar-refractivity contribution in [3.05, 3.63) is 59.7 Å². The zero-order chi connectivity index (χ0) is 15.5. The molecule has 21 heavy (non-hydrogen) atoms. The highest BCUT2D eigenvalue weighted by Gasteiger charge is 2.30. The van der Waals surface area contributed by atoms with Gasteiger partial charge in [-0.3, -0.25) is 0 Å². The van der Waals surface area contributed by atoms with Crippen molar-refractivity contribution in [1.29, 1.82) is 0 Å². The summed E-state index contributed by atoms with van der Waals surface area (Å²) < 4.78 is 37.7. The monoisotopic (exact) mass is 295 g/mol. The summed E-state index contributed by atoms with van der Waals surface area (Å²) >= 11 is 0. The molecule has 0 saturated heterocycles. The van der Waals surface area contributed by atoms with Crippen LogP contribution in [-0.2, 0) is 12.6 Å². The lowest BCUT2D eigenvalue weighted by molar-refractivity contribution is -0.137. The summed E-state index contributed by atoms with van der Waals surface area (Å²) in [5.41, 5.74) is 7.49. The van der Waals surface area contributed by atoms with E-state index in [0.29, 0.717) is 12.0 Å². The van der Waals surface area contributed by atoms with Gasteiger partial charge in [-0.25, -0.2) is 0 Å². The van der Waals surface area contributed by atoms with Crippen molar-refractivity contribution in [2.24, 2.45) is 5.73 Å². The standard InChI is InChI=1S/C16H16F3NO/c17-16(18,19)13-7-5-11(6-8-13)15-4-2-1-3-12(15)9-14(20)10-21/h1-8,14,21H,9-10,20H2. The maximum absolute atomic E-state index is 12.6. The predicted molar refractivity (Wildman–Crippen MR) is 75.6 cm³/mol. The number of rotatable bonds is 4. The number of halogens is 3. The second-order valence-corrected chi connectivity index (χ2v) is 4.88. The first-order valence-electron chi connectivity index (χ1n) is 6.54. The molecule has 0 aliphatic carbocycles. The number of benzene rings is 2. The molecule has 2 aromatic carbocycles. The van der Waals surface area contributed by atoms with Crippen LogP contribution in [0, 0.1) is 0 Å². The third-order valence-electron chi connectivity index (χ3n) is 3.26. The van der Waals surface area contributed by atoms with Gasteiger partial charge in [0.25, 0.3) is 0 Å². The Bertz CT molecular complexity index is 593. The fourth-order valence-corrected chi connectivity index (χ4v) is 2.17. The third kappa shape index (κ3) is 3.83. The first-order chi connectivity index (χ1) is 9.91. The highest BCUT2D eigenvalue weighted by atomic mass is 19.4. The van der Waals surface area contributed by atoms with Gasteiger partial charge in [0.15, 0.2) is 0 Å². The number of hydrogen-bond acceptors (Lipinski definition) is 2. The van der Waals surface area contributed by atoms with Crippen LogP contribution < -0.4 is 5.73 Å². The first kappa shape index (κ1) is 15.5. The van der Waals surface area contributed by atoms with Crippen LogP contribution in [0.5, 0.6) is 0 Å². The van der Waals surface area contributed by atoms with Crippen LogP contribution in [0.4, 0.5) is 13.2 Å². The van der Waals surface area contributed by atoms with Gasteiger partial charge < -0.3 is 10.8 Å². The van der Waals surface area contributed by atoms with E-state index in [0.717, 1.165) is 23.3 Å². The Hall–Kier alpha value is -1.85. The van der Waals surface area contributed by atoms with Crippen molar-refractivity contribution in [2.75, 3.05) is 6.61 Å². The van der Waals surface area contributed by atoms with Gasteiger partial charge in [0.05, 0.1) is 12.2 Å². The van der Waals surface area contributed by atoms with Crippen LogP contribution in [0.1, 0.15) is 11.1 Å². The number of hydrogen-bond donors (Lipinski definition) is 2. The molecule has 0 radical (unpaired) electrons. The molecule has 2 aromatic rings. The zero-order valence-electron chi connectivity index (χ0n) is 11.3. The van der Waals surface area contributed by atoms with E-state index in [9.17, 15) is 13.2 Å². The summed E-state index contributed by atoms with van der Waals surface area (Å²) in [6, 6.07) is 12.0. The normalized spacial score (nSPS) is 13.2. The minimum absolute atomic E-state index is 0.138. The number of alkyl halides is 3. The Morgan fingerprint density at radius 1 is 1.00 bits per heavy atom. The molecule has 2 rings (SSSR count). The van der Waals surface area contributed by atoms with Crippen LogP contribution >= 0.6 is 0 Å². The van der Waals surface area contributed by atoms with Crippen LogP contribution in [-0.4, -0.2) is 17.8 Å². The van der Waals surface area contributed by atoms with E-state index < -0.39 is 11.7 Å². The largest absolute Gasteiger partial charge is 0.416 e. The van der Waals surface area contributed by atoms with Crippen molar-refractivity contribution in [2.45, 2.75) is 18.6 Å². The Kier molecular flexibility index (Phi) is 4.65. The molecule has 1 atom stereocenters. The minimum Gasteiger partial charge on any atom is -0.395 e. The van der Waals surface area contributed by atoms with Crippen LogP contribution in [0.25, 0.3) is 11.1 Å². The Labute approximate surface area is 121 Å². The van der Waals surface area contributed by atoms with Crippen molar-refractivity contribution in [1.82, 2.24) is 0 Å². The molecule has 0 bridgehead atoms. The molecule has 112 valence electrons. The molecule has 3 N–H and O–H groups in total. The molecule has 0 aliphatic heterocycles. The van der Waals surface area contributed by atoms with Gasteiger partial charge >= 0.3 is 6.18 Å². The molecule has 2 nitrogen and oxygen atoms in total. The number of nitrogens with two attached hydrogens (primary N) is 1. The average molecular weight is 295 g/mol. The van der Waals surface area contributed by atoms with Gasteiger partial charge in [-0.05, 0) is 35.2 Å². The molecule has 0 amide bonds. The van der Waals surface area contributed by atoms with E-state index in [4.69, 9.17) is 10.8 Å². The summed E-state index contributed by atoms with van der Waals surface area (Å²) in [6.07, 6.45) is -3.87. The lowest BCUT2D eigenvalue weighted by Crippen LogP contribution is -2.27. The smallest absolute Gasteiger partial charge is 0.395 e. The maximum atomic E-state index is 12.6. The molecule has 0 heterocycles. The van der Waals surface area contributed by atoms with E-state index in [1.807, 2.05) is 24.3 Å². The lowest BCUT2D eigenvalue weighted by Gasteiger charge is -2.14. The van der Waals surface area contributed by atoms with E-state index >= 15 is 0 Å². The Morgan fingerprint density at radius 2 is 1.62 bits per heavy atom.